The fourth-order valence-electron chi connectivity index (χ4n) is 2.98. The Bertz CT molecular complexity index is 920. The third kappa shape index (κ3) is 3.15. The van der Waals surface area contributed by atoms with Crippen molar-refractivity contribution < 1.29 is 22.4 Å². The van der Waals surface area contributed by atoms with Crippen molar-refractivity contribution in [2.45, 2.75) is 19.8 Å². The molecule has 138 valence electrons. The summed E-state index contributed by atoms with van der Waals surface area (Å²) in [5.74, 6) is -0.436. The molecular formula is C17H19N3O5S. The first-order chi connectivity index (χ1) is 12.4. The Morgan fingerprint density at radius 2 is 2.04 bits per heavy atom. The summed E-state index contributed by atoms with van der Waals surface area (Å²) in [6.07, 6.45) is 6.29. The van der Waals surface area contributed by atoms with Gasteiger partial charge in [-0.25, -0.2) is 13.4 Å². The van der Waals surface area contributed by atoms with Crippen LogP contribution in [0.15, 0.2) is 45.4 Å². The van der Waals surface area contributed by atoms with E-state index in [1.807, 2.05) is 0 Å². The van der Waals surface area contributed by atoms with Gasteiger partial charge in [-0.15, -0.1) is 0 Å². The van der Waals surface area contributed by atoms with Gasteiger partial charge >= 0.3 is 0 Å². The number of oxazole rings is 1. The van der Waals surface area contributed by atoms with Crippen LogP contribution in [0.3, 0.4) is 0 Å². The normalized spacial score (nSPS) is 19.5. The van der Waals surface area contributed by atoms with Gasteiger partial charge in [0.1, 0.15) is 0 Å². The monoisotopic (exact) mass is 377 g/mol. The van der Waals surface area contributed by atoms with Crippen LogP contribution in [0.5, 0.6) is 0 Å². The van der Waals surface area contributed by atoms with Crippen molar-refractivity contribution in [1.29, 1.82) is 0 Å². The number of sulfonamides is 1. The Kier molecular flexibility index (Phi) is 4.92. The number of allylic oxidation sites excluding steroid dienone is 1. The van der Waals surface area contributed by atoms with Crippen molar-refractivity contribution in [1.82, 2.24) is 9.29 Å². The number of carbonyl (C=O) groups is 2. The van der Waals surface area contributed by atoms with Crippen LogP contribution in [0.2, 0.25) is 0 Å². The van der Waals surface area contributed by atoms with Gasteiger partial charge in [0.05, 0.1) is 17.6 Å². The van der Waals surface area contributed by atoms with Crippen molar-refractivity contribution in [2.75, 3.05) is 24.5 Å². The molecule has 3 rings (SSSR count). The third-order valence-corrected chi connectivity index (χ3v) is 6.41. The zero-order valence-corrected chi connectivity index (χ0v) is 15.2. The van der Waals surface area contributed by atoms with Crippen molar-refractivity contribution in [3.63, 3.8) is 0 Å². The summed E-state index contributed by atoms with van der Waals surface area (Å²) in [6.45, 7) is 6.33. The first-order valence-electron chi connectivity index (χ1n) is 8.15. The van der Waals surface area contributed by atoms with Gasteiger partial charge in [-0.1, -0.05) is 12.7 Å². The summed E-state index contributed by atoms with van der Waals surface area (Å²) in [5, 5.41) is 0. The number of nitrogens with zero attached hydrogens (tertiary/aromatic N) is 3. The lowest BCUT2D eigenvalue weighted by atomic mass is 10.1. The van der Waals surface area contributed by atoms with Crippen molar-refractivity contribution >= 4 is 28.1 Å². The Morgan fingerprint density at radius 3 is 2.62 bits per heavy atom. The molecule has 0 saturated carbocycles. The van der Waals surface area contributed by atoms with Gasteiger partial charge in [-0.2, -0.15) is 4.31 Å². The molecule has 1 amide bonds. The van der Waals surface area contributed by atoms with E-state index in [9.17, 15) is 18.0 Å². The van der Waals surface area contributed by atoms with E-state index in [-0.39, 0.29) is 28.8 Å². The maximum absolute atomic E-state index is 12.7. The molecule has 0 aliphatic carbocycles. The van der Waals surface area contributed by atoms with Crippen LogP contribution < -0.4 is 4.90 Å². The average Bonchev–Trinajstić information content (AvgIpc) is 3.35. The van der Waals surface area contributed by atoms with E-state index in [0.717, 1.165) is 12.8 Å². The summed E-state index contributed by atoms with van der Waals surface area (Å²) in [4.78, 5) is 28.6. The number of hydrogen-bond donors (Lipinski definition) is 0. The summed E-state index contributed by atoms with van der Waals surface area (Å²) in [7, 11) is -3.59. The first-order valence-corrected chi connectivity index (χ1v) is 9.59. The number of aldehydes is 1. The molecule has 1 aromatic heterocycles. The second-order valence-corrected chi connectivity index (χ2v) is 8.17. The van der Waals surface area contributed by atoms with Gasteiger partial charge in [-0.05, 0) is 31.4 Å². The molecule has 1 aromatic rings. The van der Waals surface area contributed by atoms with Crippen LogP contribution in [-0.4, -0.2) is 49.5 Å². The second kappa shape index (κ2) is 7.00. The minimum atomic E-state index is -3.59. The number of anilines is 1. The molecular weight excluding hydrogens is 358 g/mol. The van der Waals surface area contributed by atoms with Gasteiger partial charge in [0, 0.05) is 18.7 Å². The largest absolute Gasteiger partial charge is 0.417 e. The molecule has 0 bridgehead atoms. The Hall–Kier alpha value is -2.52. The van der Waals surface area contributed by atoms with Crippen LogP contribution in [0.25, 0.3) is 0 Å². The van der Waals surface area contributed by atoms with E-state index in [2.05, 4.69) is 11.6 Å². The molecule has 1 saturated heterocycles. The lowest BCUT2D eigenvalue weighted by molar-refractivity contribution is -0.114. The Balaban J connectivity index is 1.91. The fraction of sp³-hybridized carbons (Fsp3) is 0.353. The molecule has 1 fully saturated rings. The Labute approximate surface area is 151 Å². The minimum absolute atomic E-state index is 0.107. The van der Waals surface area contributed by atoms with Gasteiger partial charge in [0.15, 0.2) is 0 Å². The summed E-state index contributed by atoms with van der Waals surface area (Å²) in [5.41, 5.74) is 0.819. The smallest absolute Gasteiger partial charge is 0.261 e. The van der Waals surface area contributed by atoms with Gasteiger partial charge < -0.3 is 4.42 Å². The topological polar surface area (TPSA) is 101 Å². The molecule has 9 heteroatoms. The molecule has 3 heterocycles. The molecule has 0 radical (unpaired) electrons. The number of hydrogen-bond acceptors (Lipinski definition) is 6. The van der Waals surface area contributed by atoms with Gasteiger partial charge in [-0.3, -0.25) is 14.5 Å². The molecule has 0 atom stereocenters. The zero-order chi connectivity index (χ0) is 18.9. The summed E-state index contributed by atoms with van der Waals surface area (Å²) in [6, 6.07) is 0. The molecule has 8 nitrogen and oxygen atoms in total. The van der Waals surface area contributed by atoms with E-state index in [4.69, 9.17) is 4.42 Å². The van der Waals surface area contributed by atoms with E-state index in [1.54, 1.807) is 0 Å². The first kappa shape index (κ1) is 18.3. The molecule has 0 aromatic carbocycles. The lowest BCUT2D eigenvalue weighted by Gasteiger charge is -2.16. The average molecular weight is 377 g/mol. The lowest BCUT2D eigenvalue weighted by Crippen LogP contribution is -2.29. The molecule has 2 aliphatic rings. The van der Waals surface area contributed by atoms with Crippen LogP contribution in [0.1, 0.15) is 30.5 Å². The number of rotatable bonds is 6. The van der Waals surface area contributed by atoms with Crippen molar-refractivity contribution in [3.05, 3.63) is 46.9 Å². The van der Waals surface area contributed by atoms with Crippen LogP contribution in [-0.2, 0) is 14.8 Å². The predicted octanol–water partition coefficient (Wildman–Crippen LogP) is 1.65. The second-order valence-electron chi connectivity index (χ2n) is 6.06. The predicted molar refractivity (Wildman–Crippen MR) is 95.0 cm³/mol. The van der Waals surface area contributed by atoms with E-state index in [1.165, 1.54) is 34.5 Å². The fourth-order valence-corrected chi connectivity index (χ4v) is 4.40. The zero-order valence-electron chi connectivity index (χ0n) is 14.3. The quantitative estimate of drug-likeness (QED) is 0.699. The van der Waals surface area contributed by atoms with Crippen molar-refractivity contribution in [2.24, 2.45) is 0 Å². The third-order valence-electron chi connectivity index (χ3n) is 4.43. The van der Waals surface area contributed by atoms with E-state index >= 15 is 0 Å². The minimum Gasteiger partial charge on any atom is -0.417 e. The van der Waals surface area contributed by atoms with Crippen LogP contribution >= 0.6 is 0 Å². The van der Waals surface area contributed by atoms with Crippen molar-refractivity contribution in [3.8, 4) is 0 Å². The maximum Gasteiger partial charge on any atom is 0.261 e. The highest BCUT2D eigenvalue weighted by Crippen LogP contribution is 2.29. The van der Waals surface area contributed by atoms with E-state index in [0.29, 0.717) is 24.9 Å². The van der Waals surface area contributed by atoms with E-state index < -0.39 is 15.9 Å². The highest BCUT2D eigenvalue weighted by molar-refractivity contribution is 7.93. The number of amides is 1. The molecule has 26 heavy (non-hydrogen) atoms. The van der Waals surface area contributed by atoms with Gasteiger partial charge in [0.2, 0.25) is 22.2 Å². The molecule has 2 aliphatic heterocycles. The van der Waals surface area contributed by atoms with Crippen LogP contribution in [0, 0.1) is 0 Å². The Morgan fingerprint density at radius 1 is 1.35 bits per heavy atom. The summed E-state index contributed by atoms with van der Waals surface area (Å²) < 4.78 is 31.9. The van der Waals surface area contributed by atoms with Crippen LogP contribution in [0.4, 0.5) is 5.88 Å². The molecule has 0 spiro atoms. The summed E-state index contributed by atoms with van der Waals surface area (Å²) >= 11 is 0. The highest BCUT2D eigenvalue weighted by Gasteiger charge is 2.33. The molecule has 0 N–H and O–H groups in total. The highest BCUT2D eigenvalue weighted by atomic mass is 32.2. The maximum atomic E-state index is 12.7. The molecule has 0 unspecified atom stereocenters. The van der Waals surface area contributed by atoms with Gasteiger partial charge in [0.25, 0.3) is 11.8 Å². The number of carbonyl (C=O) groups excluding carboxylic acids is 2. The SMILES string of the molecule is C=CC1=C(C=C(C)S(=O)(=O)N2CCCC2)C(=O)N(c2cnc(C=O)o2)C1. The standard InChI is InChI=1S/C17H19N3O5S/c1-3-13-10-20(16-9-18-15(11-21)25-16)17(22)14(13)8-12(2)26(23,24)19-6-4-5-7-19/h3,8-9,11H,1,4-7,10H2,2H3. The number of aromatic nitrogens is 1.